The first-order valence-electron chi connectivity index (χ1n) is 8.15. The van der Waals surface area contributed by atoms with Crippen molar-refractivity contribution in [2.75, 3.05) is 18.5 Å². The first-order valence-corrected chi connectivity index (χ1v) is 8.15. The molecule has 0 saturated carbocycles. The number of hydrogen-bond donors (Lipinski definition) is 1. The summed E-state index contributed by atoms with van der Waals surface area (Å²) in [5, 5.41) is 2.43. The van der Waals surface area contributed by atoms with Gasteiger partial charge in [0.05, 0.1) is 24.5 Å². The summed E-state index contributed by atoms with van der Waals surface area (Å²) in [6.07, 6.45) is -3.82. The number of benzene rings is 2. The first-order chi connectivity index (χ1) is 12.4. The molecule has 0 spiro atoms. The monoisotopic (exact) mass is 367 g/mol. The molecule has 7 heteroatoms. The Labute approximate surface area is 149 Å². The highest BCUT2D eigenvalue weighted by molar-refractivity contribution is 5.93. The smallest absolute Gasteiger partial charge is 0.416 e. The number of carbonyl (C=O) groups is 1. The van der Waals surface area contributed by atoms with Crippen LogP contribution >= 0.6 is 0 Å². The van der Waals surface area contributed by atoms with Gasteiger partial charge in [-0.05, 0) is 30.2 Å². The van der Waals surface area contributed by atoms with Crippen LogP contribution in [0.1, 0.15) is 24.5 Å². The van der Waals surface area contributed by atoms with Crippen LogP contribution in [0.3, 0.4) is 0 Å². The summed E-state index contributed by atoms with van der Waals surface area (Å²) in [7, 11) is 0. The number of ether oxygens (including phenoxy) is 2. The number of rotatable bonds is 8. The molecule has 2 rings (SSSR count). The molecule has 2 aromatic carbocycles. The van der Waals surface area contributed by atoms with Crippen molar-refractivity contribution in [3.63, 3.8) is 0 Å². The highest BCUT2D eigenvalue weighted by Crippen LogP contribution is 2.35. The predicted octanol–water partition coefficient (Wildman–Crippen LogP) is 4.65. The topological polar surface area (TPSA) is 47.6 Å². The maximum Gasteiger partial charge on any atom is 0.416 e. The Morgan fingerprint density at radius 1 is 1.12 bits per heavy atom. The van der Waals surface area contributed by atoms with Crippen molar-refractivity contribution in [1.82, 2.24) is 0 Å². The molecule has 140 valence electrons. The Morgan fingerprint density at radius 3 is 2.50 bits per heavy atom. The van der Waals surface area contributed by atoms with Crippen LogP contribution in [0.15, 0.2) is 48.5 Å². The molecule has 0 aliphatic heterocycles. The van der Waals surface area contributed by atoms with Gasteiger partial charge in [-0.2, -0.15) is 13.2 Å². The molecule has 4 nitrogen and oxygen atoms in total. The van der Waals surface area contributed by atoms with Gasteiger partial charge in [0, 0.05) is 0 Å². The molecule has 0 aliphatic carbocycles. The lowest BCUT2D eigenvalue weighted by molar-refractivity contribution is -0.137. The van der Waals surface area contributed by atoms with Crippen molar-refractivity contribution in [2.24, 2.45) is 0 Å². The van der Waals surface area contributed by atoms with E-state index in [2.05, 4.69) is 5.32 Å². The Balaban J connectivity index is 2.01. The van der Waals surface area contributed by atoms with E-state index < -0.39 is 17.6 Å². The lowest BCUT2D eigenvalue weighted by Crippen LogP contribution is -2.19. The number of anilines is 1. The van der Waals surface area contributed by atoms with Gasteiger partial charge in [-0.1, -0.05) is 37.3 Å². The number of amides is 1. The van der Waals surface area contributed by atoms with E-state index in [-0.39, 0.29) is 24.7 Å². The number of alkyl halides is 3. The molecular formula is C19H20F3NO3. The lowest BCUT2D eigenvalue weighted by atomic mass is 10.1. The molecule has 0 heterocycles. The Morgan fingerprint density at radius 2 is 1.85 bits per heavy atom. The van der Waals surface area contributed by atoms with E-state index in [1.54, 1.807) is 0 Å². The molecular weight excluding hydrogens is 347 g/mol. The van der Waals surface area contributed by atoms with Crippen LogP contribution in [-0.2, 0) is 22.3 Å². The van der Waals surface area contributed by atoms with Gasteiger partial charge in [-0.25, -0.2) is 0 Å². The number of nitrogens with one attached hydrogen (secondary N) is 1. The zero-order valence-electron chi connectivity index (χ0n) is 14.3. The minimum absolute atomic E-state index is 0.0263. The normalized spacial score (nSPS) is 11.2. The lowest BCUT2D eigenvalue weighted by Gasteiger charge is -2.15. The number of carbonyl (C=O) groups excluding carboxylic acids is 1. The summed E-state index contributed by atoms with van der Waals surface area (Å²) >= 11 is 0. The average molecular weight is 367 g/mol. The fourth-order valence-electron chi connectivity index (χ4n) is 2.16. The summed E-state index contributed by atoms with van der Waals surface area (Å²) in [5.41, 5.74) is 0.00905. The molecule has 0 radical (unpaired) electrons. The van der Waals surface area contributed by atoms with E-state index in [0.717, 1.165) is 17.7 Å². The van der Waals surface area contributed by atoms with Gasteiger partial charge in [-0.15, -0.1) is 0 Å². The van der Waals surface area contributed by atoms with Crippen LogP contribution in [0.4, 0.5) is 18.9 Å². The van der Waals surface area contributed by atoms with Gasteiger partial charge in [0.15, 0.2) is 0 Å². The van der Waals surface area contributed by atoms with Gasteiger partial charge in [0.2, 0.25) is 5.91 Å². The van der Waals surface area contributed by atoms with Crippen molar-refractivity contribution in [1.29, 1.82) is 0 Å². The third kappa shape index (κ3) is 6.07. The molecule has 1 N–H and O–H groups in total. The van der Waals surface area contributed by atoms with E-state index in [4.69, 9.17) is 9.47 Å². The highest BCUT2D eigenvalue weighted by Gasteiger charge is 2.31. The molecule has 0 bridgehead atoms. The Hall–Kier alpha value is -2.54. The van der Waals surface area contributed by atoms with Crippen LogP contribution in [-0.4, -0.2) is 19.1 Å². The number of halogens is 3. The van der Waals surface area contributed by atoms with E-state index in [9.17, 15) is 18.0 Å². The van der Waals surface area contributed by atoms with Crippen molar-refractivity contribution < 1.29 is 27.4 Å². The fourth-order valence-corrected chi connectivity index (χ4v) is 2.16. The molecule has 0 saturated heterocycles. The van der Waals surface area contributed by atoms with Crippen LogP contribution in [0.25, 0.3) is 0 Å². The fraction of sp³-hybridized carbons (Fsp3) is 0.316. The van der Waals surface area contributed by atoms with Crippen LogP contribution in [0.5, 0.6) is 5.75 Å². The Kier molecular flexibility index (Phi) is 7.03. The summed E-state index contributed by atoms with van der Waals surface area (Å²) in [4.78, 5) is 12.0. The predicted molar refractivity (Wildman–Crippen MR) is 92.0 cm³/mol. The summed E-state index contributed by atoms with van der Waals surface area (Å²) in [6.45, 7) is 2.16. The maximum atomic E-state index is 12.9. The third-order valence-electron chi connectivity index (χ3n) is 3.39. The van der Waals surface area contributed by atoms with Gasteiger partial charge in [0.1, 0.15) is 12.4 Å². The summed E-state index contributed by atoms with van der Waals surface area (Å²) in [6, 6.07) is 12.2. The van der Waals surface area contributed by atoms with Crippen molar-refractivity contribution in [3.8, 4) is 5.75 Å². The van der Waals surface area contributed by atoms with Crippen LogP contribution in [0.2, 0.25) is 0 Å². The van der Waals surface area contributed by atoms with Crippen LogP contribution < -0.4 is 10.1 Å². The van der Waals surface area contributed by atoms with Gasteiger partial charge < -0.3 is 14.8 Å². The van der Waals surface area contributed by atoms with Crippen molar-refractivity contribution >= 4 is 11.6 Å². The van der Waals surface area contributed by atoms with Crippen LogP contribution in [0, 0.1) is 0 Å². The van der Waals surface area contributed by atoms with E-state index in [1.807, 2.05) is 37.3 Å². The van der Waals surface area contributed by atoms with Crippen molar-refractivity contribution in [2.45, 2.75) is 26.1 Å². The zero-order chi connectivity index (χ0) is 19.0. The van der Waals surface area contributed by atoms with E-state index in [0.29, 0.717) is 13.0 Å². The van der Waals surface area contributed by atoms with Gasteiger partial charge in [0.25, 0.3) is 0 Å². The SMILES string of the molecule is CCCOc1ccc(C(F)(F)F)cc1NC(=O)COCc1ccccc1. The maximum absolute atomic E-state index is 12.9. The molecule has 0 aromatic heterocycles. The second kappa shape index (κ2) is 9.24. The highest BCUT2D eigenvalue weighted by atomic mass is 19.4. The molecule has 0 unspecified atom stereocenters. The van der Waals surface area contributed by atoms with Gasteiger partial charge in [-0.3, -0.25) is 4.79 Å². The second-order valence-corrected chi connectivity index (χ2v) is 5.58. The first kappa shape index (κ1) is 19.8. The van der Waals surface area contributed by atoms with Crippen molar-refractivity contribution in [3.05, 3.63) is 59.7 Å². The second-order valence-electron chi connectivity index (χ2n) is 5.58. The number of hydrogen-bond acceptors (Lipinski definition) is 3. The largest absolute Gasteiger partial charge is 0.491 e. The third-order valence-corrected chi connectivity index (χ3v) is 3.39. The molecule has 0 atom stereocenters. The molecule has 2 aromatic rings. The molecule has 0 fully saturated rings. The quantitative estimate of drug-likeness (QED) is 0.739. The standard InChI is InChI=1S/C19H20F3NO3/c1-2-10-26-17-9-8-15(19(20,21)22)11-16(17)23-18(24)13-25-12-14-6-4-3-5-7-14/h3-9,11H,2,10,12-13H2,1H3,(H,23,24). The minimum atomic E-state index is -4.51. The molecule has 1 amide bonds. The summed E-state index contributed by atoms with van der Waals surface area (Å²) < 4.78 is 49.4. The van der Waals surface area contributed by atoms with Gasteiger partial charge >= 0.3 is 6.18 Å². The van der Waals surface area contributed by atoms with E-state index in [1.165, 1.54) is 6.07 Å². The molecule has 26 heavy (non-hydrogen) atoms. The van der Waals surface area contributed by atoms with E-state index >= 15 is 0 Å². The molecule has 0 aliphatic rings. The average Bonchev–Trinajstić information content (AvgIpc) is 2.60. The minimum Gasteiger partial charge on any atom is -0.491 e. The summed E-state index contributed by atoms with van der Waals surface area (Å²) in [5.74, 6) is -0.363. The zero-order valence-corrected chi connectivity index (χ0v) is 14.3. The Bertz CT molecular complexity index is 718.